The van der Waals surface area contributed by atoms with Crippen LogP contribution in [0.1, 0.15) is 67.2 Å². The zero-order valence-corrected chi connectivity index (χ0v) is 16.1. The summed E-state index contributed by atoms with van der Waals surface area (Å²) in [6, 6.07) is 2.41. The van der Waals surface area contributed by atoms with Crippen LogP contribution in [0.5, 0.6) is 0 Å². The molecule has 3 atom stereocenters. The van der Waals surface area contributed by atoms with Crippen LogP contribution in [-0.2, 0) is 19.1 Å². The first-order valence-corrected chi connectivity index (χ1v) is 8.99. The Bertz CT molecular complexity index is 441. The summed E-state index contributed by atoms with van der Waals surface area (Å²) in [6.45, 7) is 12.1. The first kappa shape index (κ1) is 22.4. The normalized spacial score (nSPS) is 15.9. The third-order valence-corrected chi connectivity index (χ3v) is 4.52. The van der Waals surface area contributed by atoms with Crippen LogP contribution in [0.2, 0.25) is 0 Å². The highest BCUT2D eigenvalue weighted by atomic mass is 16.5. The largest absolute Gasteiger partial charge is 0.466 e. The number of carbonyl (C=O) groups is 2. The molecule has 0 aromatic heterocycles. The molecule has 24 heavy (non-hydrogen) atoms. The van der Waals surface area contributed by atoms with E-state index < -0.39 is 23.3 Å². The Morgan fingerprint density at radius 2 is 1.71 bits per heavy atom. The molecule has 0 aliphatic carbocycles. The summed E-state index contributed by atoms with van der Waals surface area (Å²) in [6.07, 6.45) is 2.18. The van der Waals surface area contributed by atoms with Crippen molar-refractivity contribution >= 4 is 11.9 Å². The van der Waals surface area contributed by atoms with Crippen LogP contribution in [-0.4, -0.2) is 25.2 Å². The quantitative estimate of drug-likeness (QED) is 0.529. The standard InChI is InChI=1S/C19H33NO4/c1-7-16(19(6,13-20)11-10-14(4)5)15(18(22)24-9-3)12-17(21)23-8-2/h14-16H,7-12H2,1-6H3. The van der Waals surface area contributed by atoms with Crippen molar-refractivity contribution in [2.24, 2.45) is 23.2 Å². The van der Waals surface area contributed by atoms with Crippen molar-refractivity contribution in [2.45, 2.75) is 67.2 Å². The van der Waals surface area contributed by atoms with Crippen LogP contribution >= 0.6 is 0 Å². The number of hydrogen-bond acceptors (Lipinski definition) is 5. The number of nitriles is 1. The number of hydrogen-bond donors (Lipinski definition) is 0. The van der Waals surface area contributed by atoms with E-state index in [0.717, 1.165) is 6.42 Å². The van der Waals surface area contributed by atoms with Gasteiger partial charge in [0.2, 0.25) is 0 Å². The van der Waals surface area contributed by atoms with Crippen molar-refractivity contribution in [3.05, 3.63) is 0 Å². The van der Waals surface area contributed by atoms with Gasteiger partial charge in [0.25, 0.3) is 0 Å². The highest BCUT2D eigenvalue weighted by molar-refractivity contribution is 5.80. The predicted octanol–water partition coefficient (Wildman–Crippen LogP) is 4.11. The minimum absolute atomic E-state index is 0.0376. The van der Waals surface area contributed by atoms with Gasteiger partial charge in [0.1, 0.15) is 0 Å². The fourth-order valence-corrected chi connectivity index (χ4v) is 3.13. The van der Waals surface area contributed by atoms with Gasteiger partial charge in [-0.25, -0.2) is 0 Å². The molecule has 0 radical (unpaired) electrons. The lowest BCUT2D eigenvalue weighted by molar-refractivity contribution is -0.158. The average Bonchev–Trinajstić information content (AvgIpc) is 2.53. The second-order valence-electron chi connectivity index (χ2n) is 6.84. The molecule has 0 rings (SSSR count). The molecule has 0 amide bonds. The molecular weight excluding hydrogens is 306 g/mol. The lowest BCUT2D eigenvalue weighted by atomic mass is 9.66. The number of carbonyl (C=O) groups excluding carboxylic acids is 2. The van der Waals surface area contributed by atoms with Gasteiger partial charge in [0.15, 0.2) is 0 Å². The van der Waals surface area contributed by atoms with Crippen molar-refractivity contribution in [3.8, 4) is 6.07 Å². The molecule has 0 spiro atoms. The number of rotatable bonds is 11. The SMILES string of the molecule is CCOC(=O)CC(C(=O)OCC)C(CC)C(C)(C#N)CCC(C)C. The predicted molar refractivity (Wildman–Crippen MR) is 92.9 cm³/mol. The van der Waals surface area contributed by atoms with E-state index in [4.69, 9.17) is 9.47 Å². The van der Waals surface area contributed by atoms with Gasteiger partial charge >= 0.3 is 11.9 Å². The van der Waals surface area contributed by atoms with Crippen molar-refractivity contribution in [2.75, 3.05) is 13.2 Å². The Kier molecular flexibility index (Phi) is 10.3. The minimum Gasteiger partial charge on any atom is -0.466 e. The first-order valence-electron chi connectivity index (χ1n) is 8.99. The molecule has 0 saturated heterocycles. The topological polar surface area (TPSA) is 76.4 Å². The molecule has 5 heteroatoms. The molecular formula is C19H33NO4. The van der Waals surface area contributed by atoms with Crippen molar-refractivity contribution in [3.63, 3.8) is 0 Å². The zero-order valence-electron chi connectivity index (χ0n) is 16.1. The van der Waals surface area contributed by atoms with E-state index in [2.05, 4.69) is 19.9 Å². The van der Waals surface area contributed by atoms with Crippen LogP contribution in [0.25, 0.3) is 0 Å². The summed E-state index contributed by atoms with van der Waals surface area (Å²) < 4.78 is 10.2. The van der Waals surface area contributed by atoms with Crippen molar-refractivity contribution < 1.29 is 19.1 Å². The van der Waals surface area contributed by atoms with Crippen LogP contribution < -0.4 is 0 Å². The van der Waals surface area contributed by atoms with E-state index in [9.17, 15) is 14.9 Å². The van der Waals surface area contributed by atoms with Gasteiger partial charge in [-0.2, -0.15) is 5.26 Å². The maximum atomic E-state index is 12.4. The number of nitrogens with zero attached hydrogens (tertiary/aromatic N) is 1. The van der Waals surface area contributed by atoms with E-state index in [1.165, 1.54) is 0 Å². The second-order valence-corrected chi connectivity index (χ2v) is 6.84. The smallest absolute Gasteiger partial charge is 0.309 e. The van der Waals surface area contributed by atoms with Crippen LogP contribution in [0.4, 0.5) is 0 Å². The molecule has 0 fully saturated rings. The van der Waals surface area contributed by atoms with Gasteiger partial charge in [0, 0.05) is 0 Å². The van der Waals surface area contributed by atoms with Crippen molar-refractivity contribution in [1.82, 2.24) is 0 Å². The molecule has 3 unspecified atom stereocenters. The Labute approximate surface area is 146 Å². The van der Waals surface area contributed by atoms with Gasteiger partial charge in [-0.1, -0.05) is 27.2 Å². The van der Waals surface area contributed by atoms with Gasteiger partial charge in [-0.3, -0.25) is 9.59 Å². The maximum absolute atomic E-state index is 12.4. The second kappa shape index (κ2) is 11.1. The molecule has 0 aromatic carbocycles. The maximum Gasteiger partial charge on any atom is 0.309 e. The molecule has 0 aromatic rings. The fourth-order valence-electron chi connectivity index (χ4n) is 3.13. The fraction of sp³-hybridized carbons (Fsp3) is 0.842. The molecule has 0 aliphatic heterocycles. The van der Waals surface area contributed by atoms with Crippen molar-refractivity contribution in [1.29, 1.82) is 5.26 Å². The highest BCUT2D eigenvalue weighted by Crippen LogP contribution is 2.41. The van der Waals surface area contributed by atoms with E-state index in [1.807, 2.05) is 13.8 Å². The van der Waals surface area contributed by atoms with Crippen LogP contribution in [0, 0.1) is 34.5 Å². The third kappa shape index (κ3) is 6.90. The Morgan fingerprint density at radius 3 is 2.12 bits per heavy atom. The van der Waals surface area contributed by atoms with E-state index in [0.29, 0.717) is 18.8 Å². The van der Waals surface area contributed by atoms with E-state index in [1.54, 1.807) is 13.8 Å². The minimum atomic E-state index is -0.678. The molecule has 0 N–H and O–H groups in total. The van der Waals surface area contributed by atoms with Crippen LogP contribution in [0.15, 0.2) is 0 Å². The third-order valence-electron chi connectivity index (χ3n) is 4.52. The highest BCUT2D eigenvalue weighted by Gasteiger charge is 2.43. The van der Waals surface area contributed by atoms with Gasteiger partial charge in [-0.05, 0) is 45.4 Å². The average molecular weight is 339 g/mol. The van der Waals surface area contributed by atoms with Gasteiger partial charge in [0.05, 0.1) is 37.0 Å². The first-order chi connectivity index (χ1) is 11.2. The number of esters is 2. The Hall–Kier alpha value is -1.57. The molecule has 5 nitrogen and oxygen atoms in total. The Balaban J connectivity index is 5.51. The summed E-state index contributed by atoms with van der Waals surface area (Å²) in [7, 11) is 0. The summed E-state index contributed by atoms with van der Waals surface area (Å²) >= 11 is 0. The monoisotopic (exact) mass is 339 g/mol. The van der Waals surface area contributed by atoms with Gasteiger partial charge < -0.3 is 9.47 Å². The summed E-state index contributed by atoms with van der Waals surface area (Å²) in [5, 5.41) is 9.78. The molecule has 0 bridgehead atoms. The van der Waals surface area contributed by atoms with Crippen LogP contribution in [0.3, 0.4) is 0 Å². The summed E-state index contributed by atoms with van der Waals surface area (Å²) in [5.74, 6) is -1.25. The van der Waals surface area contributed by atoms with E-state index in [-0.39, 0.29) is 25.6 Å². The Morgan fingerprint density at radius 1 is 1.12 bits per heavy atom. The zero-order chi connectivity index (χ0) is 18.8. The number of ether oxygens (including phenoxy) is 2. The van der Waals surface area contributed by atoms with E-state index >= 15 is 0 Å². The summed E-state index contributed by atoms with van der Waals surface area (Å²) in [5.41, 5.74) is -0.678. The lowest BCUT2D eigenvalue weighted by Gasteiger charge is -2.36. The van der Waals surface area contributed by atoms with Gasteiger partial charge in [-0.15, -0.1) is 0 Å². The molecule has 0 heterocycles. The molecule has 138 valence electrons. The molecule has 0 aliphatic rings. The lowest BCUT2D eigenvalue weighted by Crippen LogP contribution is -2.38. The molecule has 0 saturated carbocycles. The summed E-state index contributed by atoms with van der Waals surface area (Å²) in [4.78, 5) is 24.4.